The van der Waals surface area contributed by atoms with Crippen molar-refractivity contribution in [3.63, 3.8) is 0 Å². The Balaban J connectivity index is 0.00000320. The van der Waals surface area contributed by atoms with Crippen LogP contribution < -0.4 is 5.32 Å². The number of aliphatic imine (C=N–C) groups is 1. The lowest BCUT2D eigenvalue weighted by atomic mass is 9.95. The maximum Gasteiger partial charge on any atom is 0.225 e. The van der Waals surface area contributed by atoms with Gasteiger partial charge in [0.1, 0.15) is 5.82 Å². The molecule has 0 bridgehead atoms. The van der Waals surface area contributed by atoms with E-state index in [0.717, 1.165) is 38.4 Å². The van der Waals surface area contributed by atoms with E-state index in [1.54, 1.807) is 12.1 Å². The molecule has 2 aliphatic rings. The minimum absolute atomic E-state index is 0. The van der Waals surface area contributed by atoms with Crippen LogP contribution in [0.3, 0.4) is 0 Å². The number of carbonyl (C=O) groups is 1. The highest BCUT2D eigenvalue weighted by molar-refractivity contribution is 14.0. The van der Waals surface area contributed by atoms with Crippen molar-refractivity contribution in [3.05, 3.63) is 34.6 Å². The Kier molecular flexibility index (Phi) is 10.6. The largest absolute Gasteiger partial charge is 0.378 e. The molecule has 1 N–H and O–H groups in total. The van der Waals surface area contributed by atoms with E-state index in [4.69, 9.17) is 16.3 Å². The topological polar surface area (TPSA) is 57.2 Å². The Morgan fingerprint density at radius 3 is 2.57 bits per heavy atom. The molecule has 9 heteroatoms. The van der Waals surface area contributed by atoms with Gasteiger partial charge in [-0.2, -0.15) is 0 Å². The number of guanidine groups is 1. The molecule has 1 amide bonds. The van der Waals surface area contributed by atoms with Crippen molar-refractivity contribution in [1.29, 1.82) is 0 Å². The quantitative estimate of drug-likeness (QED) is 0.346. The lowest BCUT2D eigenvalue weighted by Gasteiger charge is -2.36. The first-order valence-electron chi connectivity index (χ1n) is 10.4. The van der Waals surface area contributed by atoms with E-state index in [0.29, 0.717) is 49.9 Å². The molecule has 3 rings (SSSR count). The predicted molar refractivity (Wildman–Crippen MR) is 128 cm³/mol. The average molecular weight is 553 g/mol. The van der Waals surface area contributed by atoms with Gasteiger partial charge in [0.25, 0.3) is 0 Å². The molecule has 0 radical (unpaired) electrons. The van der Waals surface area contributed by atoms with Gasteiger partial charge in [0.2, 0.25) is 5.91 Å². The van der Waals surface area contributed by atoms with Crippen LogP contribution in [0.1, 0.15) is 25.3 Å². The zero-order valence-corrected chi connectivity index (χ0v) is 20.5. The molecule has 0 unspecified atom stereocenters. The number of carbonyl (C=O) groups excluding carboxylic acids is 1. The number of hydrogen-bond donors (Lipinski definition) is 1. The van der Waals surface area contributed by atoms with Crippen LogP contribution in [-0.4, -0.2) is 74.1 Å². The molecule has 2 saturated heterocycles. The smallest absolute Gasteiger partial charge is 0.225 e. The fourth-order valence-electron chi connectivity index (χ4n) is 3.85. The van der Waals surface area contributed by atoms with Crippen LogP contribution in [0.25, 0.3) is 0 Å². The lowest BCUT2D eigenvalue weighted by molar-refractivity contribution is -0.140. The monoisotopic (exact) mass is 552 g/mol. The molecule has 1 aromatic carbocycles. The van der Waals surface area contributed by atoms with E-state index < -0.39 is 0 Å². The predicted octanol–water partition coefficient (Wildman–Crippen LogP) is 3.18. The second-order valence-electron chi connectivity index (χ2n) is 7.38. The van der Waals surface area contributed by atoms with Crippen molar-refractivity contribution in [2.24, 2.45) is 10.9 Å². The zero-order chi connectivity index (χ0) is 20.6. The fourth-order valence-corrected chi connectivity index (χ4v) is 4.11. The molecular formula is C21H31ClFIN4O2. The molecule has 0 aromatic heterocycles. The Morgan fingerprint density at radius 1 is 1.23 bits per heavy atom. The maximum atomic E-state index is 13.9. The van der Waals surface area contributed by atoms with Crippen LogP contribution in [0.5, 0.6) is 0 Å². The van der Waals surface area contributed by atoms with Gasteiger partial charge in [-0.05, 0) is 38.3 Å². The van der Waals surface area contributed by atoms with E-state index in [1.165, 1.54) is 6.07 Å². The van der Waals surface area contributed by atoms with Gasteiger partial charge >= 0.3 is 0 Å². The van der Waals surface area contributed by atoms with Gasteiger partial charge in [-0.15, -0.1) is 24.0 Å². The van der Waals surface area contributed by atoms with Crippen LogP contribution in [0.2, 0.25) is 5.02 Å². The normalized spacial score (nSPS) is 18.2. The van der Waals surface area contributed by atoms with Crippen LogP contribution in [0.4, 0.5) is 4.39 Å². The molecule has 2 heterocycles. The van der Waals surface area contributed by atoms with Crippen molar-refractivity contribution in [1.82, 2.24) is 15.1 Å². The van der Waals surface area contributed by atoms with E-state index in [-0.39, 0.29) is 41.6 Å². The molecular weight excluding hydrogens is 522 g/mol. The summed E-state index contributed by atoms with van der Waals surface area (Å²) in [5.41, 5.74) is 0.503. The molecule has 168 valence electrons. The Morgan fingerprint density at radius 2 is 1.93 bits per heavy atom. The number of nitrogens with zero attached hydrogens (tertiary/aromatic N) is 3. The number of nitrogens with one attached hydrogen (secondary N) is 1. The van der Waals surface area contributed by atoms with Gasteiger partial charge in [0.05, 0.1) is 13.2 Å². The average Bonchev–Trinajstić information content (AvgIpc) is 2.75. The number of hydrogen-bond acceptors (Lipinski definition) is 3. The van der Waals surface area contributed by atoms with Crippen LogP contribution >= 0.6 is 35.6 Å². The maximum absolute atomic E-state index is 13.9. The van der Waals surface area contributed by atoms with Crippen molar-refractivity contribution >= 4 is 47.4 Å². The number of piperidine rings is 1. The SMILES string of the molecule is CCNC(=NCCc1c(F)cccc1Cl)N1CCC(C(=O)N2CCOCC2)CC1.I. The minimum Gasteiger partial charge on any atom is -0.378 e. The van der Waals surface area contributed by atoms with Gasteiger partial charge in [0.15, 0.2) is 5.96 Å². The molecule has 0 saturated carbocycles. The highest BCUT2D eigenvalue weighted by Gasteiger charge is 2.30. The van der Waals surface area contributed by atoms with E-state index in [9.17, 15) is 9.18 Å². The molecule has 0 atom stereocenters. The second-order valence-corrected chi connectivity index (χ2v) is 7.79. The van der Waals surface area contributed by atoms with Crippen molar-refractivity contribution in [3.8, 4) is 0 Å². The molecule has 0 spiro atoms. The van der Waals surface area contributed by atoms with E-state index >= 15 is 0 Å². The van der Waals surface area contributed by atoms with Crippen LogP contribution in [-0.2, 0) is 16.0 Å². The van der Waals surface area contributed by atoms with Gasteiger partial charge in [-0.25, -0.2) is 4.39 Å². The highest BCUT2D eigenvalue weighted by atomic mass is 127. The number of rotatable bonds is 5. The Hall–Kier alpha value is -1.13. The van der Waals surface area contributed by atoms with Gasteiger partial charge < -0.3 is 19.9 Å². The van der Waals surface area contributed by atoms with E-state index in [2.05, 4.69) is 15.2 Å². The van der Waals surface area contributed by atoms with Crippen molar-refractivity contribution < 1.29 is 13.9 Å². The highest BCUT2D eigenvalue weighted by Crippen LogP contribution is 2.21. The Bertz CT molecular complexity index is 703. The fraction of sp³-hybridized carbons (Fsp3) is 0.619. The summed E-state index contributed by atoms with van der Waals surface area (Å²) < 4.78 is 19.3. The molecule has 2 aliphatic heterocycles. The van der Waals surface area contributed by atoms with Gasteiger partial charge in [-0.3, -0.25) is 9.79 Å². The second kappa shape index (κ2) is 12.7. The number of ether oxygens (including phenoxy) is 1. The number of amides is 1. The first kappa shape index (κ1) is 25.1. The molecule has 30 heavy (non-hydrogen) atoms. The number of likely N-dealkylation sites (tertiary alicyclic amines) is 1. The summed E-state index contributed by atoms with van der Waals surface area (Å²) in [6, 6.07) is 4.73. The van der Waals surface area contributed by atoms with Gasteiger partial charge in [0, 0.05) is 55.8 Å². The molecule has 0 aliphatic carbocycles. The molecule has 6 nitrogen and oxygen atoms in total. The summed E-state index contributed by atoms with van der Waals surface area (Å²) in [6.45, 7) is 7.46. The van der Waals surface area contributed by atoms with Crippen LogP contribution in [0.15, 0.2) is 23.2 Å². The summed E-state index contributed by atoms with van der Waals surface area (Å²) in [5, 5.41) is 3.75. The zero-order valence-electron chi connectivity index (χ0n) is 17.4. The lowest BCUT2D eigenvalue weighted by Crippen LogP contribution is -2.50. The van der Waals surface area contributed by atoms with Crippen LogP contribution in [0, 0.1) is 11.7 Å². The summed E-state index contributed by atoms with van der Waals surface area (Å²) >= 11 is 6.11. The van der Waals surface area contributed by atoms with Crippen molar-refractivity contribution in [2.45, 2.75) is 26.2 Å². The van der Waals surface area contributed by atoms with Crippen molar-refractivity contribution in [2.75, 3.05) is 52.5 Å². The summed E-state index contributed by atoms with van der Waals surface area (Å²) in [5.74, 6) is 0.853. The Labute approximate surface area is 200 Å². The molecule has 2 fully saturated rings. The number of morpholine rings is 1. The summed E-state index contributed by atoms with van der Waals surface area (Å²) in [4.78, 5) is 21.5. The minimum atomic E-state index is -0.292. The third-order valence-electron chi connectivity index (χ3n) is 5.49. The van der Waals surface area contributed by atoms with Gasteiger partial charge in [-0.1, -0.05) is 17.7 Å². The third kappa shape index (κ3) is 6.68. The molecule has 1 aromatic rings. The number of halogens is 3. The van der Waals surface area contributed by atoms with E-state index in [1.807, 2.05) is 11.8 Å². The summed E-state index contributed by atoms with van der Waals surface area (Å²) in [7, 11) is 0. The third-order valence-corrected chi connectivity index (χ3v) is 5.84. The number of benzene rings is 1. The standard InChI is InChI=1S/C21H30ClFN4O2.HI/c1-2-24-21(25-9-6-17-18(22)4-3-5-19(17)23)27-10-7-16(8-11-27)20(28)26-12-14-29-15-13-26;/h3-5,16H,2,6-15H2,1H3,(H,24,25);1H. The first-order chi connectivity index (χ1) is 14.1. The summed E-state index contributed by atoms with van der Waals surface area (Å²) in [6.07, 6.45) is 2.09. The first-order valence-corrected chi connectivity index (χ1v) is 10.8.